The Labute approximate surface area is 188 Å². The van der Waals surface area contributed by atoms with Crippen LogP contribution in [0.15, 0.2) is 35.7 Å². The van der Waals surface area contributed by atoms with E-state index >= 15 is 0 Å². The molecule has 0 spiro atoms. The number of hydrogen-bond acceptors (Lipinski definition) is 3. The summed E-state index contributed by atoms with van der Waals surface area (Å²) in [7, 11) is 0. The second kappa shape index (κ2) is 10.3. The van der Waals surface area contributed by atoms with Gasteiger partial charge in [0.15, 0.2) is 0 Å². The quantitative estimate of drug-likeness (QED) is 0.363. The first-order valence-electron chi connectivity index (χ1n) is 10.7. The van der Waals surface area contributed by atoms with Crippen LogP contribution < -0.4 is 5.32 Å². The molecule has 3 aromatic rings. The molecular weight excluding hydrogens is 414 g/mol. The van der Waals surface area contributed by atoms with Crippen molar-refractivity contribution in [3.8, 4) is 22.0 Å². The van der Waals surface area contributed by atoms with Gasteiger partial charge >= 0.3 is 0 Å². The van der Waals surface area contributed by atoms with Crippen LogP contribution in [0.25, 0.3) is 22.0 Å². The number of rotatable bonds is 9. The Bertz CT molecular complexity index is 1010. The Balaban J connectivity index is 1.99. The summed E-state index contributed by atoms with van der Waals surface area (Å²) in [6.45, 7) is 9.21. The number of thiazole rings is 1. The number of amides is 1. The molecule has 1 unspecified atom stereocenters. The van der Waals surface area contributed by atoms with Crippen LogP contribution in [0.4, 0.5) is 0 Å². The lowest BCUT2D eigenvalue weighted by Gasteiger charge is -2.12. The minimum absolute atomic E-state index is 0.0149. The number of hydrogen-bond donors (Lipinski definition) is 1. The molecular formula is C24H30ClN3OS. The maximum Gasteiger partial charge on any atom is 0.253 e. The van der Waals surface area contributed by atoms with Gasteiger partial charge < -0.3 is 9.88 Å². The zero-order valence-corrected chi connectivity index (χ0v) is 19.7. The summed E-state index contributed by atoms with van der Waals surface area (Å²) in [5.41, 5.74) is 4.54. The number of aromatic nitrogens is 2. The van der Waals surface area contributed by atoms with Gasteiger partial charge in [0.1, 0.15) is 5.01 Å². The van der Waals surface area contributed by atoms with Gasteiger partial charge in [-0.1, -0.05) is 56.5 Å². The van der Waals surface area contributed by atoms with E-state index in [1.807, 2.05) is 44.2 Å². The van der Waals surface area contributed by atoms with Crippen molar-refractivity contribution in [2.45, 2.75) is 66.0 Å². The van der Waals surface area contributed by atoms with Gasteiger partial charge in [-0.3, -0.25) is 4.79 Å². The van der Waals surface area contributed by atoms with Crippen LogP contribution in [-0.4, -0.2) is 21.5 Å². The van der Waals surface area contributed by atoms with Gasteiger partial charge in [-0.25, -0.2) is 4.98 Å². The van der Waals surface area contributed by atoms with E-state index in [4.69, 9.17) is 16.6 Å². The molecule has 1 amide bonds. The SMILES string of the molecule is CCCCCn1c(-c2csc(-c3ccccc3Cl)n2)cc(C(=O)NC(C)CC)c1C. The first-order valence-corrected chi connectivity index (χ1v) is 11.9. The van der Waals surface area contributed by atoms with E-state index in [9.17, 15) is 4.79 Å². The van der Waals surface area contributed by atoms with Gasteiger partial charge in [-0.2, -0.15) is 0 Å². The molecule has 0 aliphatic rings. The lowest BCUT2D eigenvalue weighted by atomic mass is 10.2. The molecule has 0 aliphatic carbocycles. The van der Waals surface area contributed by atoms with Crippen LogP contribution in [-0.2, 0) is 6.54 Å². The second-order valence-electron chi connectivity index (χ2n) is 7.69. The highest BCUT2D eigenvalue weighted by molar-refractivity contribution is 7.13. The van der Waals surface area contributed by atoms with Crippen LogP contribution in [0.5, 0.6) is 0 Å². The fourth-order valence-electron chi connectivity index (χ4n) is 3.45. The number of carbonyl (C=O) groups is 1. The molecule has 4 nitrogen and oxygen atoms in total. The Kier molecular flexibility index (Phi) is 7.73. The lowest BCUT2D eigenvalue weighted by Crippen LogP contribution is -2.32. The first kappa shape index (κ1) is 22.6. The summed E-state index contributed by atoms with van der Waals surface area (Å²) < 4.78 is 2.24. The summed E-state index contributed by atoms with van der Waals surface area (Å²) >= 11 is 7.95. The molecule has 0 aliphatic heterocycles. The Hall–Kier alpha value is -2.11. The molecule has 3 rings (SSSR count). The molecule has 1 aromatic carbocycles. The number of unbranched alkanes of at least 4 members (excludes halogenated alkanes) is 2. The van der Waals surface area contributed by atoms with Crippen molar-refractivity contribution in [3.63, 3.8) is 0 Å². The van der Waals surface area contributed by atoms with Crippen LogP contribution in [0.3, 0.4) is 0 Å². The van der Waals surface area contributed by atoms with E-state index in [1.54, 1.807) is 11.3 Å². The molecule has 6 heteroatoms. The van der Waals surface area contributed by atoms with Crippen molar-refractivity contribution in [1.82, 2.24) is 14.9 Å². The zero-order valence-electron chi connectivity index (χ0n) is 18.2. The molecule has 2 heterocycles. The van der Waals surface area contributed by atoms with E-state index in [2.05, 4.69) is 29.1 Å². The van der Waals surface area contributed by atoms with Crippen molar-refractivity contribution in [2.75, 3.05) is 0 Å². The van der Waals surface area contributed by atoms with Gasteiger partial charge in [-0.15, -0.1) is 11.3 Å². The summed E-state index contributed by atoms with van der Waals surface area (Å²) in [5, 5.41) is 6.74. The van der Waals surface area contributed by atoms with Crippen molar-refractivity contribution >= 4 is 28.8 Å². The zero-order chi connectivity index (χ0) is 21.7. The molecule has 1 atom stereocenters. The van der Waals surface area contributed by atoms with Gasteiger partial charge in [0.25, 0.3) is 5.91 Å². The maximum atomic E-state index is 12.9. The Morgan fingerprint density at radius 1 is 1.27 bits per heavy atom. The molecule has 2 aromatic heterocycles. The molecule has 0 radical (unpaired) electrons. The molecule has 30 heavy (non-hydrogen) atoms. The van der Waals surface area contributed by atoms with E-state index in [0.717, 1.165) is 65.4 Å². The molecule has 160 valence electrons. The van der Waals surface area contributed by atoms with E-state index in [0.29, 0.717) is 5.02 Å². The summed E-state index contributed by atoms with van der Waals surface area (Å²) in [6.07, 6.45) is 4.30. The predicted molar refractivity (Wildman–Crippen MR) is 127 cm³/mol. The minimum Gasteiger partial charge on any atom is -0.350 e. The summed E-state index contributed by atoms with van der Waals surface area (Å²) in [5.74, 6) is -0.0149. The fraction of sp³-hybridized carbons (Fsp3) is 0.417. The molecule has 0 bridgehead atoms. The third-order valence-corrected chi connectivity index (χ3v) is 6.66. The average Bonchev–Trinajstić information content (AvgIpc) is 3.34. The lowest BCUT2D eigenvalue weighted by molar-refractivity contribution is 0.0938. The van der Waals surface area contributed by atoms with Crippen LogP contribution in [0.2, 0.25) is 5.02 Å². The largest absolute Gasteiger partial charge is 0.350 e. The van der Waals surface area contributed by atoms with Crippen molar-refractivity contribution in [3.05, 3.63) is 52.0 Å². The van der Waals surface area contributed by atoms with Crippen LogP contribution in [0, 0.1) is 6.92 Å². The standard InChI is InChI=1S/C24H30ClN3OS/c1-5-7-10-13-28-17(4)19(23(29)26-16(3)6-2)14-22(28)21-15-30-24(27-21)18-11-8-9-12-20(18)25/h8-9,11-12,14-16H,5-7,10,13H2,1-4H3,(H,26,29). The summed E-state index contributed by atoms with van der Waals surface area (Å²) in [4.78, 5) is 17.7. The topological polar surface area (TPSA) is 46.9 Å². The Morgan fingerprint density at radius 2 is 2.03 bits per heavy atom. The van der Waals surface area contributed by atoms with Gasteiger partial charge in [-0.05, 0) is 38.8 Å². The highest BCUT2D eigenvalue weighted by atomic mass is 35.5. The number of carbonyl (C=O) groups excluding carboxylic acids is 1. The molecule has 0 saturated heterocycles. The summed E-state index contributed by atoms with van der Waals surface area (Å²) in [6, 6.07) is 9.90. The number of nitrogens with zero attached hydrogens (tertiary/aromatic N) is 2. The highest BCUT2D eigenvalue weighted by Gasteiger charge is 2.21. The average molecular weight is 444 g/mol. The van der Waals surface area contributed by atoms with E-state index in [-0.39, 0.29) is 11.9 Å². The van der Waals surface area contributed by atoms with Gasteiger partial charge in [0.05, 0.1) is 22.0 Å². The Morgan fingerprint density at radius 3 is 2.73 bits per heavy atom. The predicted octanol–water partition coefficient (Wildman–Crippen LogP) is 6.96. The maximum absolute atomic E-state index is 12.9. The van der Waals surface area contributed by atoms with Crippen LogP contribution in [0.1, 0.15) is 62.5 Å². The third-order valence-electron chi connectivity index (χ3n) is 5.46. The van der Waals surface area contributed by atoms with Gasteiger partial charge in [0.2, 0.25) is 0 Å². The second-order valence-corrected chi connectivity index (χ2v) is 8.95. The van der Waals surface area contributed by atoms with Crippen molar-refractivity contribution < 1.29 is 4.79 Å². The molecule has 0 fully saturated rings. The number of halogens is 1. The van der Waals surface area contributed by atoms with Crippen molar-refractivity contribution in [1.29, 1.82) is 0 Å². The first-order chi connectivity index (χ1) is 14.5. The number of benzene rings is 1. The fourth-order valence-corrected chi connectivity index (χ4v) is 4.58. The smallest absolute Gasteiger partial charge is 0.253 e. The van der Waals surface area contributed by atoms with Crippen LogP contribution >= 0.6 is 22.9 Å². The highest BCUT2D eigenvalue weighted by Crippen LogP contribution is 2.34. The van der Waals surface area contributed by atoms with Gasteiger partial charge in [0, 0.05) is 29.2 Å². The minimum atomic E-state index is -0.0149. The van der Waals surface area contributed by atoms with Crippen molar-refractivity contribution in [2.24, 2.45) is 0 Å². The third kappa shape index (κ3) is 4.96. The molecule has 0 saturated carbocycles. The number of nitrogens with one attached hydrogen (secondary N) is 1. The normalized spacial score (nSPS) is 12.2. The monoisotopic (exact) mass is 443 g/mol. The van der Waals surface area contributed by atoms with E-state index < -0.39 is 0 Å². The van der Waals surface area contributed by atoms with E-state index in [1.165, 1.54) is 0 Å². The molecule has 1 N–H and O–H groups in total.